The molecule has 1 saturated heterocycles. The van der Waals surface area contributed by atoms with Crippen LogP contribution in [-0.4, -0.2) is 16.1 Å². The lowest BCUT2D eigenvalue weighted by Gasteiger charge is -2.24. The molecular formula is C15H21NS2. The van der Waals surface area contributed by atoms with E-state index < -0.39 is 0 Å². The van der Waals surface area contributed by atoms with Gasteiger partial charge in [0, 0.05) is 6.04 Å². The van der Waals surface area contributed by atoms with E-state index in [-0.39, 0.29) is 6.04 Å². The topological polar surface area (TPSA) is 26.0 Å². The van der Waals surface area contributed by atoms with Gasteiger partial charge in [-0.3, -0.25) is 0 Å². The van der Waals surface area contributed by atoms with Crippen LogP contribution in [0.3, 0.4) is 0 Å². The molecule has 98 valence electrons. The van der Waals surface area contributed by atoms with Gasteiger partial charge in [-0.05, 0) is 60.3 Å². The average Bonchev–Trinajstić information content (AvgIpc) is 2.40. The van der Waals surface area contributed by atoms with Crippen molar-refractivity contribution in [3.8, 4) is 0 Å². The van der Waals surface area contributed by atoms with Crippen molar-refractivity contribution in [3.63, 3.8) is 0 Å². The Bertz CT molecular complexity index is 413. The first-order chi connectivity index (χ1) is 8.83. The lowest BCUT2D eigenvalue weighted by Crippen LogP contribution is -2.18. The van der Waals surface area contributed by atoms with E-state index in [4.69, 9.17) is 5.73 Å². The summed E-state index contributed by atoms with van der Waals surface area (Å²) in [5.74, 6) is 2.68. The van der Waals surface area contributed by atoms with Gasteiger partial charge in [-0.15, -0.1) is 23.5 Å². The Balaban J connectivity index is 1.73. The van der Waals surface area contributed by atoms with Crippen molar-refractivity contribution in [2.75, 3.05) is 11.5 Å². The Labute approximate surface area is 118 Å². The molecule has 1 fully saturated rings. The molecule has 1 aromatic rings. The SMILES string of the molecule is N[C@H]1CCCc2cc(CC3SCCCS3)ccc21. The Morgan fingerprint density at radius 3 is 2.83 bits per heavy atom. The minimum Gasteiger partial charge on any atom is -0.324 e. The largest absolute Gasteiger partial charge is 0.324 e. The molecule has 1 atom stereocenters. The molecule has 1 heterocycles. The molecular weight excluding hydrogens is 258 g/mol. The van der Waals surface area contributed by atoms with Gasteiger partial charge in [-0.25, -0.2) is 0 Å². The number of nitrogens with two attached hydrogens (primary N) is 1. The molecule has 0 unspecified atom stereocenters. The third kappa shape index (κ3) is 2.89. The second-order valence-corrected chi connectivity index (χ2v) is 8.18. The summed E-state index contributed by atoms with van der Waals surface area (Å²) in [7, 11) is 0. The van der Waals surface area contributed by atoms with Gasteiger partial charge in [0.25, 0.3) is 0 Å². The van der Waals surface area contributed by atoms with Crippen LogP contribution < -0.4 is 5.73 Å². The maximum atomic E-state index is 6.17. The Morgan fingerprint density at radius 2 is 2.00 bits per heavy atom. The fraction of sp³-hybridized carbons (Fsp3) is 0.600. The predicted molar refractivity (Wildman–Crippen MR) is 83.3 cm³/mol. The summed E-state index contributed by atoms with van der Waals surface area (Å²) in [5, 5.41) is 0. The van der Waals surface area contributed by atoms with Crippen LogP contribution in [0.15, 0.2) is 18.2 Å². The van der Waals surface area contributed by atoms with Crippen LogP contribution >= 0.6 is 23.5 Å². The molecule has 1 nitrogen and oxygen atoms in total. The zero-order chi connectivity index (χ0) is 12.4. The summed E-state index contributed by atoms with van der Waals surface area (Å²) in [6.45, 7) is 0. The number of hydrogen-bond donors (Lipinski definition) is 1. The highest BCUT2D eigenvalue weighted by molar-refractivity contribution is 8.17. The number of aryl methyl sites for hydroxylation is 1. The second kappa shape index (κ2) is 5.89. The van der Waals surface area contributed by atoms with Crippen LogP contribution in [0.5, 0.6) is 0 Å². The molecule has 1 aliphatic heterocycles. The van der Waals surface area contributed by atoms with Crippen LogP contribution in [-0.2, 0) is 12.8 Å². The number of fused-ring (bicyclic) bond motifs is 1. The molecule has 3 heteroatoms. The minimum atomic E-state index is 0.279. The van der Waals surface area contributed by atoms with Crippen LogP contribution in [0.2, 0.25) is 0 Å². The maximum Gasteiger partial charge on any atom is 0.0542 e. The van der Waals surface area contributed by atoms with Crippen molar-refractivity contribution in [2.24, 2.45) is 5.73 Å². The van der Waals surface area contributed by atoms with Crippen molar-refractivity contribution in [3.05, 3.63) is 34.9 Å². The number of benzene rings is 1. The third-order valence-electron chi connectivity index (χ3n) is 3.87. The summed E-state index contributed by atoms with van der Waals surface area (Å²) >= 11 is 4.27. The van der Waals surface area contributed by atoms with Gasteiger partial charge in [0.15, 0.2) is 0 Å². The van der Waals surface area contributed by atoms with E-state index in [0.29, 0.717) is 0 Å². The van der Waals surface area contributed by atoms with Crippen LogP contribution in [0.4, 0.5) is 0 Å². The molecule has 3 rings (SSSR count). The van der Waals surface area contributed by atoms with E-state index in [1.165, 1.54) is 53.9 Å². The molecule has 2 N–H and O–H groups in total. The lowest BCUT2D eigenvalue weighted by molar-refractivity contribution is 0.570. The molecule has 18 heavy (non-hydrogen) atoms. The first kappa shape index (κ1) is 12.9. The Hall–Kier alpha value is -0.120. The molecule has 0 bridgehead atoms. The van der Waals surface area contributed by atoms with Gasteiger partial charge in [0.05, 0.1) is 4.58 Å². The fourth-order valence-corrected chi connectivity index (χ4v) is 5.79. The summed E-state index contributed by atoms with van der Waals surface area (Å²) in [6.07, 6.45) is 6.23. The number of hydrogen-bond acceptors (Lipinski definition) is 3. The van der Waals surface area contributed by atoms with Gasteiger partial charge < -0.3 is 5.73 Å². The highest BCUT2D eigenvalue weighted by Gasteiger charge is 2.19. The third-order valence-corrected chi connectivity index (χ3v) is 6.81. The molecule has 2 aliphatic rings. The molecule has 0 aromatic heterocycles. The zero-order valence-corrected chi connectivity index (χ0v) is 12.4. The van der Waals surface area contributed by atoms with Crippen LogP contribution in [0.1, 0.15) is 42.0 Å². The first-order valence-corrected chi connectivity index (χ1v) is 9.03. The molecule has 0 amide bonds. The number of rotatable bonds is 2. The van der Waals surface area contributed by atoms with Crippen molar-refractivity contribution in [1.29, 1.82) is 0 Å². The highest BCUT2D eigenvalue weighted by atomic mass is 32.2. The van der Waals surface area contributed by atoms with E-state index in [2.05, 4.69) is 41.7 Å². The van der Waals surface area contributed by atoms with E-state index in [9.17, 15) is 0 Å². The van der Waals surface area contributed by atoms with Gasteiger partial charge in [0.2, 0.25) is 0 Å². The summed E-state index contributed by atoms with van der Waals surface area (Å²) in [6, 6.07) is 7.29. The van der Waals surface area contributed by atoms with Crippen molar-refractivity contribution in [1.82, 2.24) is 0 Å². The highest BCUT2D eigenvalue weighted by Crippen LogP contribution is 2.34. The standard InChI is InChI=1S/C15H21NS2/c16-14-4-1-3-12-9-11(5-6-13(12)14)10-15-17-7-2-8-18-15/h5-6,9,14-15H,1-4,7-8,10,16H2/t14-/m0/s1. The summed E-state index contributed by atoms with van der Waals surface area (Å²) in [4.78, 5) is 0. The van der Waals surface area contributed by atoms with E-state index in [1.807, 2.05) is 0 Å². The average molecular weight is 279 g/mol. The molecule has 0 radical (unpaired) electrons. The smallest absolute Gasteiger partial charge is 0.0542 e. The Kier molecular flexibility index (Phi) is 4.22. The van der Waals surface area contributed by atoms with E-state index in [1.54, 1.807) is 0 Å². The maximum absolute atomic E-state index is 6.17. The van der Waals surface area contributed by atoms with E-state index in [0.717, 1.165) is 11.0 Å². The molecule has 1 aliphatic carbocycles. The zero-order valence-electron chi connectivity index (χ0n) is 10.7. The minimum absolute atomic E-state index is 0.279. The summed E-state index contributed by atoms with van der Waals surface area (Å²) < 4.78 is 0.772. The van der Waals surface area contributed by atoms with Crippen molar-refractivity contribution in [2.45, 2.75) is 42.7 Å². The van der Waals surface area contributed by atoms with Crippen molar-refractivity contribution < 1.29 is 0 Å². The Morgan fingerprint density at radius 1 is 1.17 bits per heavy atom. The normalized spacial score (nSPS) is 24.8. The van der Waals surface area contributed by atoms with Gasteiger partial charge in [-0.1, -0.05) is 18.2 Å². The van der Waals surface area contributed by atoms with Crippen molar-refractivity contribution >= 4 is 23.5 Å². The van der Waals surface area contributed by atoms with Crippen LogP contribution in [0, 0.1) is 0 Å². The van der Waals surface area contributed by atoms with Gasteiger partial charge >= 0.3 is 0 Å². The molecule has 1 aromatic carbocycles. The van der Waals surface area contributed by atoms with Gasteiger partial charge in [-0.2, -0.15) is 0 Å². The fourth-order valence-electron chi connectivity index (χ4n) is 2.88. The monoisotopic (exact) mass is 279 g/mol. The van der Waals surface area contributed by atoms with Crippen LogP contribution in [0.25, 0.3) is 0 Å². The second-order valence-electron chi connectivity index (χ2n) is 5.26. The lowest BCUT2D eigenvalue weighted by atomic mass is 9.87. The predicted octanol–water partition coefficient (Wildman–Crippen LogP) is 3.76. The van der Waals surface area contributed by atoms with E-state index >= 15 is 0 Å². The molecule has 0 saturated carbocycles. The first-order valence-electron chi connectivity index (χ1n) is 6.93. The quantitative estimate of drug-likeness (QED) is 0.892. The van der Waals surface area contributed by atoms with Gasteiger partial charge in [0.1, 0.15) is 0 Å². The summed E-state index contributed by atoms with van der Waals surface area (Å²) in [5.41, 5.74) is 10.6. The molecule has 0 spiro atoms. The number of thioether (sulfide) groups is 2.